The van der Waals surface area contributed by atoms with Crippen molar-refractivity contribution in [2.45, 2.75) is 77.6 Å². The van der Waals surface area contributed by atoms with E-state index < -0.39 is 0 Å². The maximum absolute atomic E-state index is 11.8. The Morgan fingerprint density at radius 1 is 0.767 bits per heavy atom. The van der Waals surface area contributed by atoms with Gasteiger partial charge in [-0.05, 0) is 39.0 Å². The first-order valence-electron chi connectivity index (χ1n) is 11.1. The van der Waals surface area contributed by atoms with E-state index in [1.54, 1.807) is 6.92 Å². The smallest absolute Gasteiger partial charge is 0.407 e. The summed E-state index contributed by atoms with van der Waals surface area (Å²) < 4.78 is 15.7. The van der Waals surface area contributed by atoms with E-state index in [1.165, 1.54) is 0 Å². The Morgan fingerprint density at radius 2 is 1.37 bits per heavy atom. The van der Waals surface area contributed by atoms with E-state index in [9.17, 15) is 14.4 Å². The van der Waals surface area contributed by atoms with E-state index in [1.807, 2.05) is 0 Å². The Kier molecular flexibility index (Phi) is 20.4. The van der Waals surface area contributed by atoms with Crippen LogP contribution in [0.3, 0.4) is 0 Å². The van der Waals surface area contributed by atoms with Gasteiger partial charge < -0.3 is 19.5 Å². The Labute approximate surface area is 181 Å². The first-order valence-corrected chi connectivity index (χ1v) is 11.1. The predicted octanol–water partition coefficient (Wildman–Crippen LogP) is 3.83. The largest absolute Gasteiger partial charge is 0.450 e. The van der Waals surface area contributed by atoms with Gasteiger partial charge in [-0.1, -0.05) is 6.42 Å². The number of nitrogens with one attached hydrogen (secondary N) is 1. The molecule has 0 aliphatic rings. The molecule has 7 heteroatoms. The molecule has 0 aromatic heterocycles. The summed E-state index contributed by atoms with van der Waals surface area (Å²) in [5.74, 6) is 2.94. The molecular weight excluding hydrogens is 386 g/mol. The van der Waals surface area contributed by atoms with Gasteiger partial charge in [-0.2, -0.15) is 0 Å². The van der Waals surface area contributed by atoms with Crippen molar-refractivity contribution in [3.63, 3.8) is 0 Å². The number of carbonyl (C=O) groups is 3. The molecule has 1 N–H and O–H groups in total. The minimum Gasteiger partial charge on any atom is -0.450 e. The number of terminal acetylenes is 1. The van der Waals surface area contributed by atoms with E-state index in [2.05, 4.69) is 11.2 Å². The fourth-order valence-electron chi connectivity index (χ4n) is 2.68. The van der Waals surface area contributed by atoms with Crippen molar-refractivity contribution in [2.24, 2.45) is 0 Å². The summed E-state index contributed by atoms with van der Waals surface area (Å²) in [4.78, 5) is 34.3. The number of amides is 1. The summed E-state index contributed by atoms with van der Waals surface area (Å²) in [7, 11) is 0. The molecule has 0 aliphatic carbocycles. The molecule has 1 amide bonds. The third kappa shape index (κ3) is 20.8. The highest BCUT2D eigenvalue weighted by molar-refractivity contribution is 5.78. The summed E-state index contributed by atoms with van der Waals surface area (Å²) in [6.07, 6.45) is 12.4. The summed E-state index contributed by atoms with van der Waals surface area (Å²) >= 11 is 0. The van der Waals surface area contributed by atoms with Crippen molar-refractivity contribution in [1.82, 2.24) is 5.32 Å². The lowest BCUT2D eigenvalue weighted by Crippen LogP contribution is -2.25. The fourth-order valence-corrected chi connectivity index (χ4v) is 2.68. The zero-order chi connectivity index (χ0) is 22.3. The standard InChI is InChI=1S/C23H39NO6/c1-3-5-12-21(25)15-11-18-29-20-19-28-17-10-8-14-22(26)13-7-6-9-16-24-23(27)30-4-2/h1H,4-20H2,2H3,(H,24,27). The summed E-state index contributed by atoms with van der Waals surface area (Å²) in [6, 6.07) is 0. The molecule has 0 saturated heterocycles. The molecule has 0 spiro atoms. The van der Waals surface area contributed by atoms with Crippen LogP contribution in [0, 0.1) is 12.3 Å². The van der Waals surface area contributed by atoms with Gasteiger partial charge in [-0.3, -0.25) is 9.59 Å². The van der Waals surface area contributed by atoms with Crippen LogP contribution in [0.25, 0.3) is 0 Å². The van der Waals surface area contributed by atoms with E-state index in [4.69, 9.17) is 20.6 Å². The van der Waals surface area contributed by atoms with Crippen LogP contribution in [0.4, 0.5) is 4.79 Å². The number of ether oxygens (including phenoxy) is 3. The molecule has 0 radical (unpaired) electrons. The fraction of sp³-hybridized carbons (Fsp3) is 0.783. The van der Waals surface area contributed by atoms with Crippen LogP contribution < -0.4 is 5.32 Å². The van der Waals surface area contributed by atoms with Gasteiger partial charge in [0.1, 0.15) is 11.6 Å². The molecule has 0 bridgehead atoms. The van der Waals surface area contributed by atoms with E-state index >= 15 is 0 Å². The molecule has 0 rings (SSSR count). The zero-order valence-electron chi connectivity index (χ0n) is 18.5. The lowest BCUT2D eigenvalue weighted by atomic mass is 10.1. The van der Waals surface area contributed by atoms with E-state index in [0.717, 1.165) is 32.1 Å². The number of hydrogen-bond acceptors (Lipinski definition) is 6. The van der Waals surface area contributed by atoms with E-state index in [-0.39, 0.29) is 17.7 Å². The second-order valence-corrected chi connectivity index (χ2v) is 7.02. The van der Waals surface area contributed by atoms with Gasteiger partial charge >= 0.3 is 6.09 Å². The number of Topliss-reactive ketones (excluding diaryl/α,β-unsaturated/α-hetero) is 2. The number of hydrogen-bond donors (Lipinski definition) is 1. The molecule has 7 nitrogen and oxygen atoms in total. The lowest BCUT2D eigenvalue weighted by molar-refractivity contribution is -0.120. The van der Waals surface area contributed by atoms with E-state index in [0.29, 0.717) is 78.1 Å². The van der Waals surface area contributed by atoms with Gasteiger partial charge in [0.15, 0.2) is 0 Å². The molecule has 30 heavy (non-hydrogen) atoms. The number of unbranched alkanes of at least 4 members (excludes halogenated alkanes) is 3. The molecule has 0 fully saturated rings. The maximum Gasteiger partial charge on any atom is 0.407 e. The first-order chi connectivity index (χ1) is 14.6. The van der Waals surface area contributed by atoms with Crippen LogP contribution in [-0.4, -0.2) is 57.2 Å². The SMILES string of the molecule is C#CCCC(=O)CCCOCCOCCCCC(=O)CCCCCNC(=O)OCC. The molecule has 0 saturated carbocycles. The van der Waals surface area contributed by atoms with Crippen LogP contribution in [-0.2, 0) is 23.8 Å². The third-order valence-corrected chi connectivity index (χ3v) is 4.34. The van der Waals surface area contributed by atoms with Crippen molar-refractivity contribution in [2.75, 3.05) is 39.6 Å². The Bertz CT molecular complexity index is 500. The summed E-state index contributed by atoms with van der Waals surface area (Å²) in [5, 5.41) is 2.67. The van der Waals surface area contributed by atoms with Gasteiger partial charge in [0, 0.05) is 51.9 Å². The van der Waals surface area contributed by atoms with Gasteiger partial charge in [-0.25, -0.2) is 4.79 Å². The highest BCUT2D eigenvalue weighted by Gasteiger charge is 2.03. The number of alkyl carbamates (subject to hydrolysis) is 1. The molecule has 0 aliphatic heterocycles. The van der Waals surface area contributed by atoms with Gasteiger partial charge in [-0.15, -0.1) is 12.3 Å². The topological polar surface area (TPSA) is 90.9 Å². The number of rotatable bonds is 21. The van der Waals surface area contributed by atoms with Crippen LogP contribution in [0.5, 0.6) is 0 Å². The average molecular weight is 426 g/mol. The van der Waals surface area contributed by atoms with Crippen molar-refractivity contribution in [3.05, 3.63) is 0 Å². The van der Waals surface area contributed by atoms with Crippen molar-refractivity contribution in [1.29, 1.82) is 0 Å². The van der Waals surface area contributed by atoms with Gasteiger partial charge in [0.05, 0.1) is 19.8 Å². The Balaban J connectivity index is 3.27. The normalized spacial score (nSPS) is 10.4. The molecule has 0 unspecified atom stereocenters. The molecule has 0 heterocycles. The second kappa shape index (κ2) is 21.8. The van der Waals surface area contributed by atoms with Gasteiger partial charge in [0.25, 0.3) is 0 Å². The van der Waals surface area contributed by atoms with Crippen molar-refractivity contribution in [3.8, 4) is 12.3 Å². The number of carbonyl (C=O) groups excluding carboxylic acids is 3. The lowest BCUT2D eigenvalue weighted by Gasteiger charge is -2.06. The summed E-state index contributed by atoms with van der Waals surface area (Å²) in [6.45, 7) is 4.95. The monoisotopic (exact) mass is 425 g/mol. The van der Waals surface area contributed by atoms with Crippen LogP contribution in [0.1, 0.15) is 77.6 Å². The first kappa shape index (κ1) is 28.1. The van der Waals surface area contributed by atoms with Crippen LogP contribution in [0.15, 0.2) is 0 Å². The minimum atomic E-state index is -0.383. The maximum atomic E-state index is 11.8. The van der Waals surface area contributed by atoms with Crippen molar-refractivity contribution >= 4 is 17.7 Å². The van der Waals surface area contributed by atoms with Crippen molar-refractivity contribution < 1.29 is 28.6 Å². The molecule has 0 aromatic carbocycles. The predicted molar refractivity (Wildman–Crippen MR) is 116 cm³/mol. The highest BCUT2D eigenvalue weighted by Crippen LogP contribution is 2.05. The molecular formula is C23H39NO6. The zero-order valence-corrected chi connectivity index (χ0v) is 18.5. The number of ketones is 2. The third-order valence-electron chi connectivity index (χ3n) is 4.34. The average Bonchev–Trinajstić information content (AvgIpc) is 2.73. The molecule has 172 valence electrons. The Morgan fingerprint density at radius 3 is 2.03 bits per heavy atom. The quantitative estimate of drug-likeness (QED) is 0.222. The Hall–Kier alpha value is -1.91. The van der Waals surface area contributed by atoms with Crippen LogP contribution >= 0.6 is 0 Å². The highest BCUT2D eigenvalue weighted by atomic mass is 16.5. The minimum absolute atomic E-state index is 0.188. The van der Waals surface area contributed by atoms with Gasteiger partial charge in [0.2, 0.25) is 0 Å². The molecule has 0 aromatic rings. The second-order valence-electron chi connectivity index (χ2n) is 7.02. The molecule has 0 atom stereocenters. The summed E-state index contributed by atoms with van der Waals surface area (Å²) in [5.41, 5.74) is 0. The van der Waals surface area contributed by atoms with Crippen LogP contribution in [0.2, 0.25) is 0 Å².